The van der Waals surface area contributed by atoms with Gasteiger partial charge < -0.3 is 15.2 Å². The van der Waals surface area contributed by atoms with Crippen molar-refractivity contribution in [2.24, 2.45) is 0 Å². The molecule has 0 saturated heterocycles. The molecule has 29 heavy (non-hydrogen) atoms. The number of nitrogens with zero attached hydrogens (tertiary/aromatic N) is 2. The molecular formula is C24H27N3O2. The molecule has 5 nitrogen and oxygen atoms in total. The van der Waals surface area contributed by atoms with Crippen molar-refractivity contribution in [3.8, 4) is 22.8 Å². The Labute approximate surface area is 171 Å². The van der Waals surface area contributed by atoms with E-state index in [0.29, 0.717) is 12.3 Å². The van der Waals surface area contributed by atoms with Crippen molar-refractivity contribution in [2.75, 3.05) is 11.9 Å². The Morgan fingerprint density at radius 3 is 2.83 bits per heavy atom. The maximum atomic E-state index is 10.4. The summed E-state index contributed by atoms with van der Waals surface area (Å²) in [6.45, 7) is 9.72. The van der Waals surface area contributed by atoms with E-state index in [2.05, 4.69) is 36.5 Å². The predicted octanol–water partition coefficient (Wildman–Crippen LogP) is 4.54. The molecule has 0 spiro atoms. The molecular weight excluding hydrogens is 362 g/mol. The Balaban J connectivity index is 1.43. The van der Waals surface area contributed by atoms with Gasteiger partial charge in [0.15, 0.2) is 0 Å². The van der Waals surface area contributed by atoms with E-state index in [1.54, 1.807) is 0 Å². The fourth-order valence-electron chi connectivity index (χ4n) is 4.75. The summed E-state index contributed by atoms with van der Waals surface area (Å²) in [5.74, 6) is 1.32. The number of hydrogen-bond acceptors (Lipinski definition) is 4. The maximum Gasteiger partial charge on any atom is 0.130 e. The summed E-state index contributed by atoms with van der Waals surface area (Å²) in [5, 5.41) is 18.8. The summed E-state index contributed by atoms with van der Waals surface area (Å²) in [4.78, 5) is 0. The van der Waals surface area contributed by atoms with Gasteiger partial charge in [-0.05, 0) is 62.4 Å². The van der Waals surface area contributed by atoms with Crippen LogP contribution in [0.2, 0.25) is 0 Å². The highest BCUT2D eigenvalue weighted by Gasteiger charge is 2.39. The van der Waals surface area contributed by atoms with Gasteiger partial charge in [0, 0.05) is 36.0 Å². The number of fused-ring (bicyclic) bond motifs is 2. The number of ether oxygens (including phenoxy) is 1. The van der Waals surface area contributed by atoms with Crippen molar-refractivity contribution in [1.82, 2.24) is 9.78 Å². The minimum atomic E-state index is -0.391. The highest BCUT2D eigenvalue weighted by molar-refractivity contribution is 5.79. The third-order valence-corrected chi connectivity index (χ3v) is 6.50. The Hall–Kier alpha value is -2.95. The first-order valence-corrected chi connectivity index (χ1v) is 10.3. The van der Waals surface area contributed by atoms with Crippen LogP contribution in [0.1, 0.15) is 34.7 Å². The average Bonchev–Trinajstić information content (AvgIpc) is 3.43. The number of hydrogen-bond donors (Lipinski definition) is 2. The quantitative estimate of drug-likeness (QED) is 0.690. The van der Waals surface area contributed by atoms with Gasteiger partial charge in [-0.2, -0.15) is 5.10 Å². The van der Waals surface area contributed by atoms with Gasteiger partial charge in [0.25, 0.3) is 0 Å². The van der Waals surface area contributed by atoms with Crippen molar-refractivity contribution in [3.63, 3.8) is 0 Å². The van der Waals surface area contributed by atoms with Crippen molar-refractivity contribution in [3.05, 3.63) is 58.3 Å². The number of phenolic OH excluding ortho intramolecular Hbond substituents is 1. The lowest BCUT2D eigenvalue weighted by Crippen LogP contribution is -2.36. The molecule has 0 radical (unpaired) electrons. The van der Waals surface area contributed by atoms with Gasteiger partial charge in [0.05, 0.1) is 12.2 Å². The van der Waals surface area contributed by atoms with Crippen LogP contribution in [0.3, 0.4) is 0 Å². The third kappa shape index (κ3) is 2.79. The lowest BCUT2D eigenvalue weighted by molar-refractivity contribution is 0.0901. The number of anilines is 1. The van der Waals surface area contributed by atoms with E-state index in [1.165, 1.54) is 11.3 Å². The smallest absolute Gasteiger partial charge is 0.130 e. The van der Waals surface area contributed by atoms with Crippen LogP contribution in [0, 0.1) is 20.8 Å². The van der Waals surface area contributed by atoms with Crippen LogP contribution in [0.15, 0.2) is 30.5 Å². The number of para-hydroxylation sites is 1. The lowest BCUT2D eigenvalue weighted by atomic mass is 9.92. The zero-order valence-electron chi connectivity index (χ0n) is 17.5. The minimum absolute atomic E-state index is 0.390. The predicted molar refractivity (Wildman–Crippen MR) is 115 cm³/mol. The molecule has 2 aromatic carbocycles. The van der Waals surface area contributed by atoms with Crippen molar-refractivity contribution in [2.45, 2.75) is 52.7 Å². The zero-order chi connectivity index (χ0) is 20.3. The largest absolute Gasteiger partial charge is 0.507 e. The van der Waals surface area contributed by atoms with Gasteiger partial charge in [-0.3, -0.25) is 4.68 Å². The summed E-state index contributed by atoms with van der Waals surface area (Å²) in [5.41, 5.74) is 8.30. The van der Waals surface area contributed by atoms with Crippen LogP contribution in [0.5, 0.6) is 11.5 Å². The van der Waals surface area contributed by atoms with Crippen LogP contribution in [-0.2, 0) is 19.4 Å². The van der Waals surface area contributed by atoms with E-state index in [0.717, 1.165) is 58.6 Å². The van der Waals surface area contributed by atoms with E-state index in [4.69, 9.17) is 9.84 Å². The molecule has 2 aliphatic rings. The second kappa shape index (κ2) is 6.28. The summed E-state index contributed by atoms with van der Waals surface area (Å²) in [7, 11) is 0. The molecule has 3 heterocycles. The fraction of sp³-hybridized carbons (Fsp3) is 0.375. The van der Waals surface area contributed by atoms with Crippen LogP contribution in [0.4, 0.5) is 5.69 Å². The fourth-order valence-corrected chi connectivity index (χ4v) is 4.75. The molecule has 150 valence electrons. The molecule has 0 amide bonds. The van der Waals surface area contributed by atoms with E-state index in [1.807, 2.05) is 31.6 Å². The standard InChI is InChI=1S/C24H27N3O2/c1-14-15(2)23-19(16(3)22(14)28)12-24(4,29-23)13-27-11-9-20(26-27)18-7-5-6-17-8-10-25-21(17)18/h5-7,9,11,25,28H,8,10,12-13H2,1-4H3. The number of rotatable bonds is 3. The van der Waals surface area contributed by atoms with Gasteiger partial charge in [0.1, 0.15) is 17.1 Å². The summed E-state index contributed by atoms with van der Waals surface area (Å²) < 4.78 is 8.43. The summed E-state index contributed by atoms with van der Waals surface area (Å²) >= 11 is 0. The molecule has 5 heteroatoms. The minimum Gasteiger partial charge on any atom is -0.507 e. The molecule has 2 aliphatic heterocycles. The first kappa shape index (κ1) is 18.1. The maximum absolute atomic E-state index is 10.4. The molecule has 0 fully saturated rings. The van der Waals surface area contributed by atoms with Gasteiger partial charge in [-0.1, -0.05) is 18.2 Å². The molecule has 0 bridgehead atoms. The Kier molecular flexibility index (Phi) is 3.92. The van der Waals surface area contributed by atoms with Crippen molar-refractivity contribution >= 4 is 5.69 Å². The molecule has 1 unspecified atom stereocenters. The topological polar surface area (TPSA) is 59.3 Å². The molecule has 3 aromatic rings. The molecule has 0 saturated carbocycles. The van der Waals surface area contributed by atoms with Gasteiger partial charge >= 0.3 is 0 Å². The van der Waals surface area contributed by atoms with E-state index in [-0.39, 0.29) is 0 Å². The Bertz CT molecular complexity index is 1090. The monoisotopic (exact) mass is 389 g/mol. The van der Waals surface area contributed by atoms with Gasteiger partial charge in [0.2, 0.25) is 0 Å². The van der Waals surface area contributed by atoms with Crippen LogP contribution in [-0.4, -0.2) is 27.0 Å². The van der Waals surface area contributed by atoms with Gasteiger partial charge in [-0.25, -0.2) is 0 Å². The number of aromatic nitrogens is 2. The molecule has 1 aromatic heterocycles. The highest BCUT2D eigenvalue weighted by atomic mass is 16.5. The van der Waals surface area contributed by atoms with E-state index in [9.17, 15) is 5.11 Å². The van der Waals surface area contributed by atoms with Crippen molar-refractivity contribution in [1.29, 1.82) is 0 Å². The zero-order valence-corrected chi connectivity index (χ0v) is 17.5. The number of benzene rings is 2. The number of aromatic hydroxyl groups is 1. The van der Waals surface area contributed by atoms with Crippen LogP contribution in [0.25, 0.3) is 11.3 Å². The number of phenols is 1. The molecule has 2 N–H and O–H groups in total. The van der Waals surface area contributed by atoms with Crippen molar-refractivity contribution < 1.29 is 9.84 Å². The summed E-state index contributed by atoms with van der Waals surface area (Å²) in [6.07, 6.45) is 3.86. The second-order valence-electron chi connectivity index (χ2n) is 8.68. The molecule has 5 rings (SSSR count). The van der Waals surface area contributed by atoms with Crippen LogP contribution < -0.4 is 10.1 Å². The highest BCUT2D eigenvalue weighted by Crippen LogP contribution is 2.45. The summed E-state index contributed by atoms with van der Waals surface area (Å²) in [6, 6.07) is 8.50. The molecule has 0 aliphatic carbocycles. The first-order valence-electron chi connectivity index (χ1n) is 10.3. The Morgan fingerprint density at radius 1 is 1.17 bits per heavy atom. The SMILES string of the molecule is Cc1c(C)c2c(c(C)c1O)CC(C)(Cn1ccc(-c3cccc4c3NCC4)n1)O2. The van der Waals surface area contributed by atoms with Gasteiger partial charge in [-0.15, -0.1) is 0 Å². The lowest BCUT2D eigenvalue weighted by Gasteiger charge is -2.24. The first-order chi connectivity index (χ1) is 13.9. The number of nitrogens with one attached hydrogen (secondary N) is 1. The molecule has 1 atom stereocenters. The normalized spacial score (nSPS) is 19.6. The third-order valence-electron chi connectivity index (χ3n) is 6.50. The average molecular weight is 389 g/mol. The van der Waals surface area contributed by atoms with E-state index >= 15 is 0 Å². The van der Waals surface area contributed by atoms with Crippen LogP contribution >= 0.6 is 0 Å². The Morgan fingerprint density at radius 2 is 2.00 bits per heavy atom. The second-order valence-corrected chi connectivity index (χ2v) is 8.68. The van der Waals surface area contributed by atoms with E-state index < -0.39 is 5.60 Å².